The van der Waals surface area contributed by atoms with Crippen LogP contribution in [0.15, 0.2) is 0 Å². The van der Waals surface area contributed by atoms with E-state index in [9.17, 15) is 4.79 Å². The lowest BCUT2D eigenvalue weighted by Gasteiger charge is -2.22. The second-order valence-electron chi connectivity index (χ2n) is 4.83. The van der Waals surface area contributed by atoms with Gasteiger partial charge in [-0.05, 0) is 45.3 Å². The molecule has 1 unspecified atom stereocenters. The quantitative estimate of drug-likeness (QED) is 0.604. The van der Waals surface area contributed by atoms with Crippen molar-refractivity contribution in [1.82, 2.24) is 10.2 Å². The molecule has 1 fully saturated rings. The number of hydrogen-bond donors (Lipinski definition) is 2. The van der Waals surface area contributed by atoms with Gasteiger partial charge < -0.3 is 10.4 Å². The standard InChI is InChI=1S/C13H26N2O2/c1-2-15-10-6-7-12(15)11-14-9-5-3-4-8-13(16)17/h12,14H,2-11H2,1H3,(H,16,17). The summed E-state index contributed by atoms with van der Waals surface area (Å²) in [5.74, 6) is -0.678. The maximum absolute atomic E-state index is 10.3. The summed E-state index contributed by atoms with van der Waals surface area (Å²) in [5.41, 5.74) is 0. The fraction of sp³-hybridized carbons (Fsp3) is 0.923. The van der Waals surface area contributed by atoms with Crippen LogP contribution in [-0.4, -0.2) is 48.2 Å². The average molecular weight is 242 g/mol. The highest BCUT2D eigenvalue weighted by Gasteiger charge is 2.21. The number of carboxylic acids is 1. The molecule has 1 saturated heterocycles. The van der Waals surface area contributed by atoms with Crippen LogP contribution in [-0.2, 0) is 4.79 Å². The first-order valence-electron chi connectivity index (χ1n) is 6.90. The minimum absolute atomic E-state index is 0.312. The van der Waals surface area contributed by atoms with Gasteiger partial charge in [-0.1, -0.05) is 13.3 Å². The monoisotopic (exact) mass is 242 g/mol. The molecule has 4 heteroatoms. The van der Waals surface area contributed by atoms with Crippen molar-refractivity contribution in [3.8, 4) is 0 Å². The van der Waals surface area contributed by atoms with E-state index >= 15 is 0 Å². The number of hydrogen-bond acceptors (Lipinski definition) is 3. The number of nitrogens with one attached hydrogen (secondary N) is 1. The molecule has 17 heavy (non-hydrogen) atoms. The SMILES string of the molecule is CCN1CCCC1CNCCCCCC(=O)O. The molecule has 0 radical (unpaired) electrons. The summed E-state index contributed by atoms with van der Waals surface area (Å²) in [6.07, 6.45) is 5.88. The molecule has 0 saturated carbocycles. The summed E-state index contributed by atoms with van der Waals surface area (Å²) < 4.78 is 0. The molecular formula is C13H26N2O2. The van der Waals surface area contributed by atoms with E-state index in [0.29, 0.717) is 6.42 Å². The molecule has 0 aromatic rings. The summed E-state index contributed by atoms with van der Waals surface area (Å²) in [4.78, 5) is 12.8. The number of rotatable bonds is 9. The van der Waals surface area contributed by atoms with Crippen molar-refractivity contribution >= 4 is 5.97 Å². The minimum atomic E-state index is -0.678. The zero-order valence-electron chi connectivity index (χ0n) is 11.0. The Hall–Kier alpha value is -0.610. The van der Waals surface area contributed by atoms with Gasteiger partial charge in [0.15, 0.2) is 0 Å². The first-order valence-corrected chi connectivity index (χ1v) is 6.90. The Balaban J connectivity index is 1.92. The molecule has 1 atom stereocenters. The molecular weight excluding hydrogens is 216 g/mol. The molecule has 0 aliphatic carbocycles. The highest BCUT2D eigenvalue weighted by atomic mass is 16.4. The van der Waals surface area contributed by atoms with Crippen molar-refractivity contribution in [3.63, 3.8) is 0 Å². The van der Waals surface area contributed by atoms with Crippen molar-refractivity contribution in [2.75, 3.05) is 26.2 Å². The Labute approximate surface area is 104 Å². The van der Waals surface area contributed by atoms with Gasteiger partial charge in [-0.2, -0.15) is 0 Å². The van der Waals surface area contributed by atoms with Crippen LogP contribution in [0.1, 0.15) is 45.4 Å². The van der Waals surface area contributed by atoms with Crippen molar-refractivity contribution in [2.24, 2.45) is 0 Å². The van der Waals surface area contributed by atoms with Crippen LogP contribution in [0.25, 0.3) is 0 Å². The smallest absolute Gasteiger partial charge is 0.303 e. The predicted molar refractivity (Wildman–Crippen MR) is 69.2 cm³/mol. The van der Waals surface area contributed by atoms with Gasteiger partial charge in [0.2, 0.25) is 0 Å². The molecule has 1 rings (SSSR count). The predicted octanol–water partition coefficient (Wildman–Crippen LogP) is 1.71. The Morgan fingerprint density at radius 2 is 2.24 bits per heavy atom. The fourth-order valence-corrected chi connectivity index (χ4v) is 2.51. The normalized spacial score (nSPS) is 20.9. The van der Waals surface area contributed by atoms with Gasteiger partial charge in [-0.25, -0.2) is 0 Å². The number of aliphatic carboxylic acids is 1. The van der Waals surface area contributed by atoms with E-state index in [2.05, 4.69) is 17.1 Å². The Morgan fingerprint density at radius 3 is 2.94 bits per heavy atom. The van der Waals surface area contributed by atoms with Crippen LogP contribution < -0.4 is 5.32 Å². The van der Waals surface area contributed by atoms with Crippen LogP contribution >= 0.6 is 0 Å². The molecule has 0 spiro atoms. The van der Waals surface area contributed by atoms with Crippen molar-refractivity contribution in [1.29, 1.82) is 0 Å². The van der Waals surface area contributed by atoms with Gasteiger partial charge >= 0.3 is 5.97 Å². The number of carboxylic acid groups (broad SMARTS) is 1. The Kier molecular flexibility index (Phi) is 7.21. The van der Waals surface area contributed by atoms with Crippen LogP contribution in [0.5, 0.6) is 0 Å². The maximum atomic E-state index is 10.3. The minimum Gasteiger partial charge on any atom is -0.481 e. The summed E-state index contributed by atoms with van der Waals surface area (Å²) in [6.45, 7) is 6.75. The largest absolute Gasteiger partial charge is 0.481 e. The lowest BCUT2D eigenvalue weighted by molar-refractivity contribution is -0.137. The van der Waals surface area contributed by atoms with Crippen molar-refractivity contribution in [2.45, 2.75) is 51.5 Å². The van der Waals surface area contributed by atoms with Crippen LogP contribution in [0, 0.1) is 0 Å². The third-order valence-corrected chi connectivity index (χ3v) is 3.53. The molecule has 0 amide bonds. The molecule has 2 N–H and O–H groups in total. The van der Waals surface area contributed by atoms with E-state index in [-0.39, 0.29) is 0 Å². The van der Waals surface area contributed by atoms with E-state index in [1.165, 1.54) is 19.4 Å². The molecule has 1 heterocycles. The second kappa shape index (κ2) is 8.48. The van der Waals surface area contributed by atoms with Gasteiger partial charge in [0.05, 0.1) is 0 Å². The molecule has 1 aliphatic rings. The fourth-order valence-electron chi connectivity index (χ4n) is 2.51. The van der Waals surface area contributed by atoms with Crippen LogP contribution in [0.4, 0.5) is 0 Å². The summed E-state index contributed by atoms with van der Waals surface area (Å²) >= 11 is 0. The first-order chi connectivity index (χ1) is 8.24. The molecule has 1 aliphatic heterocycles. The lowest BCUT2D eigenvalue weighted by atomic mass is 10.2. The third-order valence-electron chi connectivity index (χ3n) is 3.53. The number of unbranched alkanes of at least 4 members (excludes halogenated alkanes) is 2. The van der Waals surface area contributed by atoms with Gasteiger partial charge in [0, 0.05) is 19.0 Å². The summed E-state index contributed by atoms with van der Waals surface area (Å²) in [5, 5.41) is 12.0. The molecule has 0 bridgehead atoms. The molecule has 4 nitrogen and oxygen atoms in total. The highest BCUT2D eigenvalue weighted by Crippen LogP contribution is 2.15. The van der Waals surface area contributed by atoms with Gasteiger partial charge in [0.1, 0.15) is 0 Å². The van der Waals surface area contributed by atoms with Gasteiger partial charge in [-0.15, -0.1) is 0 Å². The van der Waals surface area contributed by atoms with Crippen LogP contribution in [0.3, 0.4) is 0 Å². The van der Waals surface area contributed by atoms with E-state index in [1.807, 2.05) is 0 Å². The second-order valence-corrected chi connectivity index (χ2v) is 4.83. The number of likely N-dealkylation sites (N-methyl/N-ethyl adjacent to an activating group) is 1. The van der Waals surface area contributed by atoms with E-state index in [0.717, 1.165) is 44.9 Å². The number of carbonyl (C=O) groups is 1. The van der Waals surface area contributed by atoms with E-state index in [4.69, 9.17) is 5.11 Å². The molecule has 100 valence electrons. The lowest BCUT2D eigenvalue weighted by Crippen LogP contribution is -2.38. The van der Waals surface area contributed by atoms with Crippen molar-refractivity contribution in [3.05, 3.63) is 0 Å². The Morgan fingerprint density at radius 1 is 1.41 bits per heavy atom. The topological polar surface area (TPSA) is 52.6 Å². The Bertz CT molecular complexity index is 221. The van der Waals surface area contributed by atoms with Gasteiger partial charge in [0.25, 0.3) is 0 Å². The zero-order valence-corrected chi connectivity index (χ0v) is 11.0. The maximum Gasteiger partial charge on any atom is 0.303 e. The molecule has 0 aromatic heterocycles. The summed E-state index contributed by atoms with van der Waals surface area (Å²) in [7, 11) is 0. The highest BCUT2D eigenvalue weighted by molar-refractivity contribution is 5.66. The van der Waals surface area contributed by atoms with Gasteiger partial charge in [-0.3, -0.25) is 9.69 Å². The first kappa shape index (κ1) is 14.5. The number of nitrogens with zero attached hydrogens (tertiary/aromatic N) is 1. The average Bonchev–Trinajstić information content (AvgIpc) is 2.74. The van der Waals surface area contributed by atoms with Crippen LogP contribution in [0.2, 0.25) is 0 Å². The van der Waals surface area contributed by atoms with E-state index in [1.54, 1.807) is 0 Å². The van der Waals surface area contributed by atoms with E-state index < -0.39 is 5.97 Å². The molecule has 0 aromatic carbocycles. The zero-order chi connectivity index (χ0) is 12.5. The number of likely N-dealkylation sites (tertiary alicyclic amines) is 1. The van der Waals surface area contributed by atoms with Crippen molar-refractivity contribution < 1.29 is 9.90 Å². The third kappa shape index (κ3) is 6.03. The summed E-state index contributed by atoms with van der Waals surface area (Å²) in [6, 6.07) is 0.721.